The molecule has 7 heteroatoms. The van der Waals surface area contributed by atoms with E-state index < -0.39 is 8.07 Å². The van der Waals surface area contributed by atoms with Crippen LogP contribution in [0.3, 0.4) is 0 Å². The Balaban J connectivity index is 1.38. The molecule has 2 saturated heterocycles. The second kappa shape index (κ2) is 10.3. The first-order valence-electron chi connectivity index (χ1n) is 14.2. The van der Waals surface area contributed by atoms with E-state index in [-0.39, 0.29) is 12.7 Å². The van der Waals surface area contributed by atoms with Crippen LogP contribution in [-0.4, -0.2) is 67.8 Å². The van der Waals surface area contributed by atoms with E-state index in [1.807, 2.05) is 12.1 Å². The molecular formula is C31H39N3O3Si. The van der Waals surface area contributed by atoms with Gasteiger partial charge in [-0.15, -0.1) is 0 Å². The van der Waals surface area contributed by atoms with Gasteiger partial charge in [-0.3, -0.25) is 9.78 Å². The Kier molecular flexibility index (Phi) is 6.91. The van der Waals surface area contributed by atoms with Crippen molar-refractivity contribution in [1.29, 1.82) is 0 Å². The molecule has 200 valence electrons. The number of aryl methyl sites for hydroxylation is 1. The summed E-state index contributed by atoms with van der Waals surface area (Å²) >= 11 is 0. The molecule has 1 amide bonds. The minimum atomic E-state index is -1.23. The smallest absolute Gasteiger partial charge is 0.254 e. The highest BCUT2D eigenvalue weighted by Gasteiger charge is 2.32. The summed E-state index contributed by atoms with van der Waals surface area (Å²) in [7, 11) is -1.23. The molecule has 0 aliphatic carbocycles. The number of pyridine rings is 1. The van der Waals surface area contributed by atoms with Crippen LogP contribution >= 0.6 is 0 Å². The lowest BCUT2D eigenvalue weighted by atomic mass is 9.98. The van der Waals surface area contributed by atoms with Crippen molar-refractivity contribution in [3.05, 3.63) is 53.7 Å². The van der Waals surface area contributed by atoms with Crippen LogP contribution in [0.25, 0.3) is 22.0 Å². The van der Waals surface area contributed by atoms with Gasteiger partial charge in [0, 0.05) is 38.3 Å². The van der Waals surface area contributed by atoms with Gasteiger partial charge < -0.3 is 19.3 Å². The van der Waals surface area contributed by atoms with Gasteiger partial charge in [0.25, 0.3) is 5.91 Å². The van der Waals surface area contributed by atoms with Crippen LogP contribution in [0.15, 0.2) is 42.5 Å². The number of hydrogen-bond acceptors (Lipinski definition) is 5. The van der Waals surface area contributed by atoms with Gasteiger partial charge in [-0.05, 0) is 86.7 Å². The number of ether oxygens (including phenoxy) is 2. The highest BCUT2D eigenvalue weighted by atomic mass is 28.3. The van der Waals surface area contributed by atoms with Crippen molar-refractivity contribution in [1.82, 2.24) is 14.8 Å². The Morgan fingerprint density at radius 2 is 1.71 bits per heavy atom. The molecule has 6 rings (SSSR count). The zero-order valence-electron chi connectivity index (χ0n) is 23.0. The summed E-state index contributed by atoms with van der Waals surface area (Å²) < 4.78 is 11.1. The number of hydrogen-bond donors (Lipinski definition) is 0. The number of nitrogens with zero attached hydrogens (tertiary/aromatic N) is 3. The summed E-state index contributed by atoms with van der Waals surface area (Å²) in [6.07, 6.45) is 5.65. The molecule has 0 bridgehead atoms. The number of benzene rings is 2. The number of amides is 1. The number of rotatable bonds is 7. The summed E-state index contributed by atoms with van der Waals surface area (Å²) in [6, 6.07) is 15.9. The third-order valence-electron chi connectivity index (χ3n) is 8.23. The van der Waals surface area contributed by atoms with E-state index in [9.17, 15) is 4.79 Å². The van der Waals surface area contributed by atoms with Gasteiger partial charge in [-0.2, -0.15) is 0 Å². The van der Waals surface area contributed by atoms with E-state index in [0.717, 1.165) is 96.3 Å². The summed E-state index contributed by atoms with van der Waals surface area (Å²) in [5.41, 5.74) is 4.84. The maximum absolute atomic E-state index is 14.3. The first-order chi connectivity index (χ1) is 18.3. The molecular weight excluding hydrogens is 490 g/mol. The van der Waals surface area contributed by atoms with Crippen LogP contribution in [0.1, 0.15) is 41.7 Å². The molecule has 0 spiro atoms. The molecule has 0 N–H and O–H groups in total. The Labute approximate surface area is 227 Å². The first-order valence-corrected chi connectivity index (χ1v) is 17.9. The molecule has 3 aliphatic rings. The third kappa shape index (κ3) is 5.31. The van der Waals surface area contributed by atoms with Crippen molar-refractivity contribution >= 4 is 24.9 Å². The molecule has 1 aromatic heterocycles. The minimum absolute atomic E-state index is 0.163. The van der Waals surface area contributed by atoms with Gasteiger partial charge in [0.2, 0.25) is 6.79 Å². The van der Waals surface area contributed by atoms with Crippen molar-refractivity contribution in [2.45, 2.75) is 63.8 Å². The number of likely N-dealkylation sites (tertiary alicyclic amines) is 2. The van der Waals surface area contributed by atoms with E-state index in [0.29, 0.717) is 6.04 Å². The average Bonchev–Trinajstić information content (AvgIpc) is 3.68. The third-order valence-corrected chi connectivity index (χ3v) is 9.98. The first kappa shape index (κ1) is 25.4. The summed E-state index contributed by atoms with van der Waals surface area (Å²) in [4.78, 5) is 24.0. The van der Waals surface area contributed by atoms with Crippen LogP contribution < -0.4 is 9.47 Å². The molecule has 0 unspecified atom stereocenters. The molecule has 2 aromatic carbocycles. The normalized spacial score (nSPS) is 19.6. The maximum Gasteiger partial charge on any atom is 0.254 e. The van der Waals surface area contributed by atoms with Crippen LogP contribution in [0.4, 0.5) is 0 Å². The van der Waals surface area contributed by atoms with Crippen LogP contribution in [-0.2, 0) is 6.42 Å². The number of carbonyl (C=O) groups excluding carboxylic acids is 1. The Bertz CT molecular complexity index is 1350. The molecule has 1 atom stereocenters. The maximum atomic E-state index is 14.3. The lowest BCUT2D eigenvalue weighted by Crippen LogP contribution is -2.42. The van der Waals surface area contributed by atoms with Crippen molar-refractivity contribution in [2.75, 3.05) is 33.0 Å². The van der Waals surface area contributed by atoms with Gasteiger partial charge in [-0.1, -0.05) is 37.8 Å². The lowest BCUT2D eigenvalue weighted by Gasteiger charge is -2.29. The van der Waals surface area contributed by atoms with E-state index >= 15 is 0 Å². The molecule has 0 saturated carbocycles. The lowest BCUT2D eigenvalue weighted by molar-refractivity contribution is 0.0710. The van der Waals surface area contributed by atoms with Gasteiger partial charge in [0.15, 0.2) is 11.5 Å². The topological polar surface area (TPSA) is 54.9 Å². The van der Waals surface area contributed by atoms with Crippen LogP contribution in [0.2, 0.25) is 25.7 Å². The fourth-order valence-electron chi connectivity index (χ4n) is 6.06. The van der Waals surface area contributed by atoms with Crippen LogP contribution in [0.5, 0.6) is 11.5 Å². The molecule has 2 fully saturated rings. The van der Waals surface area contributed by atoms with Gasteiger partial charge in [0.05, 0.1) is 11.1 Å². The van der Waals surface area contributed by atoms with Gasteiger partial charge >= 0.3 is 0 Å². The molecule has 3 aliphatic heterocycles. The van der Waals surface area contributed by atoms with E-state index in [1.54, 1.807) is 0 Å². The van der Waals surface area contributed by atoms with Crippen molar-refractivity contribution < 1.29 is 14.3 Å². The zero-order chi connectivity index (χ0) is 26.3. The fourth-order valence-corrected chi connectivity index (χ4v) is 7.06. The van der Waals surface area contributed by atoms with Gasteiger partial charge in [0.1, 0.15) is 0 Å². The van der Waals surface area contributed by atoms with Crippen molar-refractivity contribution in [3.8, 4) is 22.6 Å². The average molecular weight is 530 g/mol. The molecule has 6 nitrogen and oxygen atoms in total. The molecule has 0 radical (unpaired) electrons. The standard InChI is InChI=1S/C31H39N3O3Si/c1-38(2,3)16-12-24-19-27(31(35)34-15-6-7-25(34)20-33-13-4-5-14-33)26-17-22(8-10-28(26)32-24)23-9-11-29-30(18-23)37-21-36-29/h8-11,17-19,25H,4-7,12-16,20-21H2,1-3H3/t25-/m0/s1. The SMILES string of the molecule is C[Si](C)(C)CCc1cc(C(=O)N2CCC[C@H]2CN2CCCC2)c2cc(-c3ccc4c(c3)OCO4)ccc2n1. The highest BCUT2D eigenvalue weighted by Crippen LogP contribution is 2.37. The van der Waals surface area contributed by atoms with Crippen molar-refractivity contribution in [2.24, 2.45) is 0 Å². The Hall–Kier alpha value is -2.90. The van der Waals surface area contributed by atoms with Crippen molar-refractivity contribution in [3.63, 3.8) is 0 Å². The quantitative estimate of drug-likeness (QED) is 0.341. The van der Waals surface area contributed by atoms with Crippen LogP contribution in [0, 0.1) is 0 Å². The Morgan fingerprint density at radius 1 is 0.947 bits per heavy atom. The van der Waals surface area contributed by atoms with E-state index in [2.05, 4.69) is 59.8 Å². The minimum Gasteiger partial charge on any atom is -0.454 e. The number of aromatic nitrogens is 1. The number of carbonyl (C=O) groups is 1. The van der Waals surface area contributed by atoms with E-state index in [1.165, 1.54) is 12.8 Å². The number of fused-ring (bicyclic) bond motifs is 2. The fraction of sp³-hybridized carbons (Fsp3) is 0.484. The van der Waals surface area contributed by atoms with Gasteiger partial charge in [-0.25, -0.2) is 0 Å². The Morgan fingerprint density at radius 3 is 2.53 bits per heavy atom. The zero-order valence-corrected chi connectivity index (χ0v) is 24.0. The predicted octanol–water partition coefficient (Wildman–Crippen LogP) is 6.21. The second-order valence-corrected chi connectivity index (χ2v) is 17.9. The largest absolute Gasteiger partial charge is 0.454 e. The molecule has 3 aromatic rings. The molecule has 38 heavy (non-hydrogen) atoms. The highest BCUT2D eigenvalue weighted by molar-refractivity contribution is 6.76. The molecule has 4 heterocycles. The summed E-state index contributed by atoms with van der Waals surface area (Å²) in [6.45, 7) is 11.6. The predicted molar refractivity (Wildman–Crippen MR) is 155 cm³/mol. The second-order valence-electron chi connectivity index (χ2n) is 12.3. The van der Waals surface area contributed by atoms with E-state index in [4.69, 9.17) is 14.5 Å². The summed E-state index contributed by atoms with van der Waals surface area (Å²) in [5.74, 6) is 1.70. The summed E-state index contributed by atoms with van der Waals surface area (Å²) in [5, 5.41) is 0.939. The monoisotopic (exact) mass is 529 g/mol.